The fourth-order valence-corrected chi connectivity index (χ4v) is 2.46. The van der Waals surface area contributed by atoms with E-state index in [1.165, 1.54) is 23.3 Å². The number of benzene rings is 2. The molecular formula is C16H15N3O2. The predicted molar refractivity (Wildman–Crippen MR) is 82.6 cm³/mol. The van der Waals surface area contributed by atoms with E-state index >= 15 is 0 Å². The van der Waals surface area contributed by atoms with Crippen LogP contribution in [0, 0.1) is 10.1 Å². The van der Waals surface area contributed by atoms with Crippen LogP contribution >= 0.6 is 0 Å². The van der Waals surface area contributed by atoms with E-state index in [1.807, 2.05) is 6.07 Å². The molecule has 1 aliphatic rings. The van der Waals surface area contributed by atoms with Crippen molar-refractivity contribution in [2.45, 2.75) is 19.3 Å². The smallest absolute Gasteiger partial charge is 0.269 e. The third-order valence-corrected chi connectivity index (χ3v) is 3.62. The van der Waals surface area contributed by atoms with E-state index in [-0.39, 0.29) is 5.69 Å². The molecule has 0 saturated heterocycles. The topological polar surface area (TPSA) is 67.5 Å². The SMILES string of the molecule is O=[N+]([O-])c1ccc(N/N=C2/CCc3ccccc3C2)cc1. The van der Waals surface area contributed by atoms with Crippen LogP contribution in [-0.4, -0.2) is 10.6 Å². The van der Waals surface area contributed by atoms with E-state index in [0.29, 0.717) is 0 Å². The van der Waals surface area contributed by atoms with Crippen molar-refractivity contribution >= 4 is 17.1 Å². The summed E-state index contributed by atoms with van der Waals surface area (Å²) in [4.78, 5) is 10.2. The molecule has 1 aliphatic carbocycles. The van der Waals surface area contributed by atoms with Gasteiger partial charge in [0.25, 0.3) is 5.69 Å². The third-order valence-electron chi connectivity index (χ3n) is 3.62. The Balaban J connectivity index is 1.68. The van der Waals surface area contributed by atoms with E-state index in [4.69, 9.17) is 0 Å². The van der Waals surface area contributed by atoms with Gasteiger partial charge in [-0.2, -0.15) is 5.10 Å². The van der Waals surface area contributed by atoms with E-state index < -0.39 is 4.92 Å². The number of nitrogens with zero attached hydrogens (tertiary/aromatic N) is 2. The maximum Gasteiger partial charge on any atom is 0.269 e. The number of hydrazone groups is 1. The van der Waals surface area contributed by atoms with Gasteiger partial charge in [-0.15, -0.1) is 0 Å². The summed E-state index contributed by atoms with van der Waals surface area (Å²) in [5.74, 6) is 0. The minimum atomic E-state index is -0.409. The summed E-state index contributed by atoms with van der Waals surface area (Å²) in [6.45, 7) is 0. The van der Waals surface area contributed by atoms with Crippen LogP contribution in [0.2, 0.25) is 0 Å². The Kier molecular flexibility index (Phi) is 3.64. The van der Waals surface area contributed by atoms with Gasteiger partial charge in [0.05, 0.1) is 10.6 Å². The summed E-state index contributed by atoms with van der Waals surface area (Å²) in [5, 5.41) is 15.0. The Morgan fingerprint density at radius 1 is 1.00 bits per heavy atom. The average molecular weight is 281 g/mol. The second kappa shape index (κ2) is 5.75. The average Bonchev–Trinajstić information content (AvgIpc) is 2.53. The first-order chi connectivity index (χ1) is 10.2. The molecule has 0 aromatic heterocycles. The van der Waals surface area contributed by atoms with E-state index in [1.54, 1.807) is 12.1 Å². The van der Waals surface area contributed by atoms with E-state index in [9.17, 15) is 10.1 Å². The van der Waals surface area contributed by atoms with Gasteiger partial charge in [0.1, 0.15) is 0 Å². The lowest BCUT2D eigenvalue weighted by molar-refractivity contribution is -0.384. The summed E-state index contributed by atoms with van der Waals surface area (Å²) in [6, 6.07) is 14.7. The van der Waals surface area contributed by atoms with Gasteiger partial charge in [-0.05, 0) is 36.1 Å². The van der Waals surface area contributed by atoms with E-state index in [2.05, 4.69) is 28.7 Å². The molecule has 0 atom stereocenters. The van der Waals surface area contributed by atoms with Gasteiger partial charge in [-0.25, -0.2) is 0 Å². The Labute approximate surface area is 122 Å². The Morgan fingerprint density at radius 2 is 1.71 bits per heavy atom. The number of hydrogen-bond donors (Lipinski definition) is 1. The number of anilines is 1. The molecule has 0 aliphatic heterocycles. The van der Waals surface area contributed by atoms with Crippen LogP contribution in [-0.2, 0) is 12.8 Å². The number of rotatable bonds is 3. The summed E-state index contributed by atoms with van der Waals surface area (Å²) < 4.78 is 0. The normalized spacial score (nSPS) is 15.5. The van der Waals surface area contributed by atoms with Crippen molar-refractivity contribution in [2.75, 3.05) is 5.43 Å². The van der Waals surface area contributed by atoms with Crippen molar-refractivity contribution in [1.82, 2.24) is 0 Å². The Morgan fingerprint density at radius 3 is 2.43 bits per heavy atom. The van der Waals surface area contributed by atoms with Crippen LogP contribution in [0.3, 0.4) is 0 Å². The van der Waals surface area contributed by atoms with Crippen molar-refractivity contribution < 1.29 is 4.92 Å². The zero-order valence-electron chi connectivity index (χ0n) is 11.5. The molecule has 3 rings (SSSR count). The highest BCUT2D eigenvalue weighted by atomic mass is 16.6. The number of hydrogen-bond acceptors (Lipinski definition) is 4. The van der Waals surface area contributed by atoms with Crippen LogP contribution in [0.25, 0.3) is 0 Å². The number of fused-ring (bicyclic) bond motifs is 1. The standard InChI is InChI=1S/C16H15N3O2/c20-19(21)16-9-7-14(8-10-16)17-18-15-6-5-12-3-1-2-4-13(12)11-15/h1-4,7-10,17H,5-6,11H2/b18-15-. The molecule has 2 aromatic rings. The van der Waals surface area contributed by atoms with Crippen LogP contribution in [0.1, 0.15) is 17.5 Å². The molecule has 0 fully saturated rings. The zero-order chi connectivity index (χ0) is 14.7. The van der Waals surface area contributed by atoms with Crippen molar-refractivity contribution in [3.05, 3.63) is 69.8 Å². The highest BCUT2D eigenvalue weighted by Crippen LogP contribution is 2.20. The second-order valence-electron chi connectivity index (χ2n) is 5.04. The minimum Gasteiger partial charge on any atom is -0.279 e. The van der Waals surface area contributed by atoms with Crippen molar-refractivity contribution in [1.29, 1.82) is 0 Å². The van der Waals surface area contributed by atoms with Crippen molar-refractivity contribution in [2.24, 2.45) is 5.10 Å². The maximum atomic E-state index is 10.6. The molecule has 5 nitrogen and oxygen atoms in total. The number of nitro groups is 1. The molecule has 1 N–H and O–H groups in total. The van der Waals surface area contributed by atoms with Gasteiger partial charge in [0.15, 0.2) is 0 Å². The van der Waals surface area contributed by atoms with Gasteiger partial charge in [-0.3, -0.25) is 15.5 Å². The first kappa shape index (κ1) is 13.3. The Bertz CT molecular complexity index is 693. The zero-order valence-corrected chi connectivity index (χ0v) is 11.5. The monoisotopic (exact) mass is 281 g/mol. The van der Waals surface area contributed by atoms with Crippen molar-refractivity contribution in [3.8, 4) is 0 Å². The van der Waals surface area contributed by atoms with Crippen LogP contribution < -0.4 is 5.43 Å². The minimum absolute atomic E-state index is 0.0831. The van der Waals surface area contributed by atoms with Crippen LogP contribution in [0.5, 0.6) is 0 Å². The number of non-ortho nitro benzene ring substituents is 1. The molecule has 0 bridgehead atoms. The highest BCUT2D eigenvalue weighted by molar-refractivity contribution is 5.89. The highest BCUT2D eigenvalue weighted by Gasteiger charge is 2.13. The molecule has 2 aromatic carbocycles. The second-order valence-corrected chi connectivity index (χ2v) is 5.04. The molecule has 5 heteroatoms. The molecule has 0 spiro atoms. The number of nitro benzene ring substituents is 1. The fraction of sp³-hybridized carbons (Fsp3) is 0.188. The molecule has 0 radical (unpaired) electrons. The van der Waals surface area contributed by atoms with Crippen LogP contribution in [0.15, 0.2) is 53.6 Å². The molecule has 21 heavy (non-hydrogen) atoms. The molecule has 0 saturated carbocycles. The van der Waals surface area contributed by atoms with Crippen LogP contribution in [0.4, 0.5) is 11.4 Å². The fourth-order valence-electron chi connectivity index (χ4n) is 2.46. The number of aryl methyl sites for hydroxylation is 1. The molecule has 0 unspecified atom stereocenters. The Hall–Kier alpha value is -2.69. The van der Waals surface area contributed by atoms with E-state index in [0.717, 1.165) is 30.7 Å². The third kappa shape index (κ3) is 3.08. The molecule has 0 amide bonds. The predicted octanol–water partition coefficient (Wildman–Crippen LogP) is 3.55. The van der Waals surface area contributed by atoms with Gasteiger partial charge in [-0.1, -0.05) is 24.3 Å². The van der Waals surface area contributed by atoms with Crippen molar-refractivity contribution in [3.63, 3.8) is 0 Å². The first-order valence-corrected chi connectivity index (χ1v) is 6.85. The molecule has 106 valence electrons. The quantitative estimate of drug-likeness (QED) is 0.691. The van der Waals surface area contributed by atoms with Gasteiger partial charge in [0, 0.05) is 24.3 Å². The van der Waals surface area contributed by atoms with Gasteiger partial charge < -0.3 is 0 Å². The summed E-state index contributed by atoms with van der Waals surface area (Å²) >= 11 is 0. The summed E-state index contributed by atoms with van der Waals surface area (Å²) in [7, 11) is 0. The molecule has 0 heterocycles. The lowest BCUT2D eigenvalue weighted by atomic mass is 9.90. The van der Waals surface area contributed by atoms with Gasteiger partial charge in [0.2, 0.25) is 0 Å². The largest absolute Gasteiger partial charge is 0.279 e. The molecular weight excluding hydrogens is 266 g/mol. The number of nitrogens with one attached hydrogen (secondary N) is 1. The lowest BCUT2D eigenvalue weighted by Gasteiger charge is -2.17. The van der Waals surface area contributed by atoms with Gasteiger partial charge >= 0.3 is 0 Å². The summed E-state index contributed by atoms with van der Waals surface area (Å²) in [5.41, 5.74) is 7.64. The first-order valence-electron chi connectivity index (χ1n) is 6.85. The maximum absolute atomic E-state index is 10.6. The lowest BCUT2D eigenvalue weighted by Crippen LogP contribution is -2.15. The summed E-state index contributed by atoms with van der Waals surface area (Å²) in [6.07, 6.45) is 2.81.